The molecule has 1 aromatic rings. The number of rotatable bonds is 2. The molecule has 1 rings (SSSR count). The highest BCUT2D eigenvalue weighted by molar-refractivity contribution is 5.06. The smallest absolute Gasteiger partial charge is 0.0441 e. The summed E-state index contributed by atoms with van der Waals surface area (Å²) in [6.07, 6.45) is 4.50. The van der Waals surface area contributed by atoms with Gasteiger partial charge in [-0.3, -0.25) is 9.69 Å². The Morgan fingerprint density at radius 2 is 2.18 bits per heavy atom. The third-order valence-corrected chi connectivity index (χ3v) is 1.08. The van der Waals surface area contributed by atoms with Crippen molar-refractivity contribution in [3.63, 3.8) is 0 Å². The Bertz CT molecular complexity index is 184. The number of hydrogen-bond acceptors (Lipinski definition) is 1. The summed E-state index contributed by atoms with van der Waals surface area (Å²) in [6.45, 7) is 3.62. The number of allylic oxidation sites excluding steroid dienone is 1. The lowest BCUT2D eigenvalue weighted by Crippen LogP contribution is -1.82. The molecular formula is C9H14FN. The Morgan fingerprint density at radius 3 is 2.64 bits per heavy atom. The third kappa shape index (κ3) is 4.25. The number of pyridine rings is 1. The topological polar surface area (TPSA) is 12.9 Å². The van der Waals surface area contributed by atoms with Gasteiger partial charge < -0.3 is 0 Å². The van der Waals surface area contributed by atoms with Gasteiger partial charge in [-0.1, -0.05) is 19.6 Å². The van der Waals surface area contributed by atoms with Crippen LogP contribution < -0.4 is 0 Å². The molecule has 0 unspecified atom stereocenters. The average molecular weight is 155 g/mol. The van der Waals surface area contributed by atoms with E-state index >= 15 is 0 Å². The van der Waals surface area contributed by atoms with Crippen LogP contribution in [0.5, 0.6) is 0 Å². The van der Waals surface area contributed by atoms with E-state index in [2.05, 4.69) is 11.6 Å². The van der Waals surface area contributed by atoms with Crippen LogP contribution >= 0.6 is 0 Å². The van der Waals surface area contributed by atoms with Gasteiger partial charge in [-0.05, 0) is 12.1 Å². The van der Waals surface area contributed by atoms with Crippen molar-refractivity contribution in [3.8, 4) is 0 Å². The first-order chi connectivity index (χ1) is 4.43. The first-order valence-corrected chi connectivity index (χ1v) is 2.94. The van der Waals surface area contributed by atoms with Gasteiger partial charge in [0, 0.05) is 18.3 Å². The van der Waals surface area contributed by atoms with E-state index < -0.39 is 0 Å². The van der Waals surface area contributed by atoms with Gasteiger partial charge in [-0.25, -0.2) is 0 Å². The summed E-state index contributed by atoms with van der Waals surface area (Å²) in [5.74, 6) is 0. The van der Waals surface area contributed by atoms with Crippen molar-refractivity contribution in [2.24, 2.45) is 0 Å². The predicted molar refractivity (Wildman–Crippen MR) is 47.4 cm³/mol. The van der Waals surface area contributed by atoms with E-state index in [9.17, 15) is 0 Å². The molecule has 0 aliphatic heterocycles. The first kappa shape index (κ1) is 12.5. The van der Waals surface area contributed by atoms with Crippen LogP contribution in [0.1, 0.15) is 13.1 Å². The van der Waals surface area contributed by atoms with E-state index in [1.807, 2.05) is 24.3 Å². The van der Waals surface area contributed by atoms with Crippen LogP contribution in [0, 0.1) is 0 Å². The van der Waals surface area contributed by atoms with E-state index in [0.29, 0.717) is 0 Å². The second kappa shape index (κ2) is 6.93. The molecule has 0 N–H and O–H groups in total. The summed E-state index contributed by atoms with van der Waals surface area (Å²) in [5.41, 5.74) is 1.08. The van der Waals surface area contributed by atoms with Gasteiger partial charge >= 0.3 is 0 Å². The van der Waals surface area contributed by atoms with Crippen LogP contribution in [0.2, 0.25) is 0 Å². The fourth-order valence-electron chi connectivity index (χ4n) is 0.667. The Labute approximate surface area is 67.2 Å². The second-order valence-corrected chi connectivity index (χ2v) is 1.81. The predicted octanol–water partition coefficient (Wildman–Crippen LogP) is 2.60. The summed E-state index contributed by atoms with van der Waals surface area (Å²) >= 11 is 0. The van der Waals surface area contributed by atoms with Gasteiger partial charge in [0.1, 0.15) is 0 Å². The van der Waals surface area contributed by atoms with Crippen molar-refractivity contribution in [1.82, 2.24) is 4.98 Å². The molecule has 0 spiro atoms. The van der Waals surface area contributed by atoms with Gasteiger partial charge in [-0.15, -0.1) is 6.58 Å². The highest BCUT2D eigenvalue weighted by Gasteiger charge is 1.83. The lowest BCUT2D eigenvalue weighted by Gasteiger charge is -1.90. The van der Waals surface area contributed by atoms with Crippen molar-refractivity contribution in [2.45, 2.75) is 13.8 Å². The second-order valence-electron chi connectivity index (χ2n) is 1.81. The summed E-state index contributed by atoms with van der Waals surface area (Å²) < 4.78 is 0. The molecule has 0 atom stereocenters. The number of aromatic nitrogens is 1. The summed E-state index contributed by atoms with van der Waals surface area (Å²) in [6, 6.07) is 5.88. The zero-order valence-corrected chi connectivity index (χ0v) is 5.66. The maximum Gasteiger partial charge on any atom is 0.0441 e. The van der Waals surface area contributed by atoms with E-state index in [0.717, 1.165) is 12.1 Å². The molecule has 0 bridgehead atoms. The van der Waals surface area contributed by atoms with Crippen molar-refractivity contribution >= 4 is 0 Å². The Kier molecular flexibility index (Phi) is 7.87. The molecule has 0 fully saturated rings. The van der Waals surface area contributed by atoms with Crippen LogP contribution in [-0.4, -0.2) is 4.98 Å². The minimum atomic E-state index is 0. The van der Waals surface area contributed by atoms with Crippen LogP contribution in [0.15, 0.2) is 37.1 Å². The van der Waals surface area contributed by atoms with Gasteiger partial charge in [-0.2, -0.15) is 0 Å². The fourth-order valence-corrected chi connectivity index (χ4v) is 0.667. The van der Waals surface area contributed by atoms with Gasteiger partial charge in [0.05, 0.1) is 0 Å². The molecule has 0 amide bonds. The van der Waals surface area contributed by atoms with Gasteiger partial charge in [0.25, 0.3) is 0 Å². The maximum atomic E-state index is 4.10. The highest BCUT2D eigenvalue weighted by Crippen LogP contribution is 1.93. The van der Waals surface area contributed by atoms with E-state index in [4.69, 9.17) is 0 Å². The standard InChI is InChI=1S/C8H9N.CH4.FH/c1-2-5-8-6-3-4-7-9-8;;/h2-4,6-7H,1,5H2;1H4;1H. The maximum absolute atomic E-state index is 4.10. The Hall–Kier alpha value is -1.18. The van der Waals surface area contributed by atoms with Crippen molar-refractivity contribution in [1.29, 1.82) is 0 Å². The lowest BCUT2D eigenvalue weighted by atomic mass is 10.3. The SMILES string of the molecule is C.C=CCc1ccccn1.F. The van der Waals surface area contributed by atoms with Crippen LogP contribution in [0.4, 0.5) is 4.70 Å². The van der Waals surface area contributed by atoms with Gasteiger partial charge in [0.15, 0.2) is 0 Å². The number of halogens is 1. The number of hydrogen-bond donors (Lipinski definition) is 0. The fraction of sp³-hybridized carbons (Fsp3) is 0.222. The van der Waals surface area contributed by atoms with Crippen LogP contribution in [0.25, 0.3) is 0 Å². The molecule has 1 aromatic heterocycles. The number of nitrogens with zero attached hydrogens (tertiary/aromatic N) is 1. The quantitative estimate of drug-likeness (QED) is 0.598. The normalized spacial score (nSPS) is 7.27. The van der Waals surface area contributed by atoms with Crippen LogP contribution in [-0.2, 0) is 6.42 Å². The van der Waals surface area contributed by atoms with E-state index in [1.165, 1.54) is 0 Å². The first-order valence-electron chi connectivity index (χ1n) is 2.94. The van der Waals surface area contributed by atoms with Crippen molar-refractivity contribution in [3.05, 3.63) is 42.7 Å². The lowest BCUT2D eigenvalue weighted by molar-refractivity contribution is 1.11. The molecule has 62 valence electrons. The van der Waals surface area contributed by atoms with E-state index in [-0.39, 0.29) is 12.1 Å². The Morgan fingerprint density at radius 1 is 1.45 bits per heavy atom. The summed E-state index contributed by atoms with van der Waals surface area (Å²) in [4.78, 5) is 4.10. The molecule has 0 aromatic carbocycles. The third-order valence-electron chi connectivity index (χ3n) is 1.08. The molecule has 0 saturated carbocycles. The van der Waals surface area contributed by atoms with Crippen molar-refractivity contribution in [2.75, 3.05) is 0 Å². The summed E-state index contributed by atoms with van der Waals surface area (Å²) in [7, 11) is 0. The molecule has 0 saturated heterocycles. The minimum Gasteiger partial charge on any atom is -0.269 e. The summed E-state index contributed by atoms with van der Waals surface area (Å²) in [5, 5.41) is 0. The zero-order chi connectivity index (χ0) is 6.53. The molecule has 11 heavy (non-hydrogen) atoms. The molecule has 1 nitrogen and oxygen atoms in total. The van der Waals surface area contributed by atoms with Crippen LogP contribution in [0.3, 0.4) is 0 Å². The highest BCUT2D eigenvalue weighted by atomic mass is 19.0. The Balaban J connectivity index is 0. The molecular weight excluding hydrogens is 141 g/mol. The largest absolute Gasteiger partial charge is 0.269 e. The zero-order valence-electron chi connectivity index (χ0n) is 5.66. The minimum absolute atomic E-state index is 0. The van der Waals surface area contributed by atoms with Gasteiger partial charge in [0.2, 0.25) is 0 Å². The average Bonchev–Trinajstić information content (AvgIpc) is 1.91. The molecule has 1 heterocycles. The molecule has 2 heteroatoms. The van der Waals surface area contributed by atoms with Crippen molar-refractivity contribution < 1.29 is 4.70 Å². The monoisotopic (exact) mass is 155 g/mol. The molecule has 0 radical (unpaired) electrons. The van der Waals surface area contributed by atoms with E-state index in [1.54, 1.807) is 6.20 Å². The molecule has 0 aliphatic carbocycles. The molecule has 0 aliphatic rings.